The van der Waals surface area contributed by atoms with Gasteiger partial charge in [-0.15, -0.1) is 0 Å². The summed E-state index contributed by atoms with van der Waals surface area (Å²) in [5.74, 6) is -1.30. The number of nitrogens with zero attached hydrogens (tertiary/aromatic N) is 3. The van der Waals surface area contributed by atoms with Gasteiger partial charge in [0.2, 0.25) is 5.91 Å². The van der Waals surface area contributed by atoms with Gasteiger partial charge in [-0.2, -0.15) is 5.10 Å². The summed E-state index contributed by atoms with van der Waals surface area (Å²) in [5.41, 5.74) is 0.464. The largest absolute Gasteiger partial charge is 0.478 e. The molecule has 1 amide bonds. The topological polar surface area (TPSA) is 75.4 Å². The van der Waals surface area contributed by atoms with Crippen LogP contribution in [0.5, 0.6) is 0 Å². The summed E-state index contributed by atoms with van der Waals surface area (Å²) in [6.07, 6.45) is 3.26. The van der Waals surface area contributed by atoms with Gasteiger partial charge in [-0.3, -0.25) is 9.48 Å². The Kier molecular flexibility index (Phi) is 3.61. The fourth-order valence-corrected chi connectivity index (χ4v) is 1.72. The van der Waals surface area contributed by atoms with Gasteiger partial charge >= 0.3 is 5.97 Å². The minimum atomic E-state index is -1.06. The normalized spacial score (nSPS) is 10.2. The summed E-state index contributed by atoms with van der Waals surface area (Å²) in [7, 11) is 1.55. The van der Waals surface area contributed by atoms with E-state index in [-0.39, 0.29) is 18.0 Å². The third-order valence-corrected chi connectivity index (χ3v) is 2.73. The molecule has 19 heavy (non-hydrogen) atoms. The summed E-state index contributed by atoms with van der Waals surface area (Å²) in [4.78, 5) is 24.5. The molecule has 0 fully saturated rings. The van der Waals surface area contributed by atoms with Crippen LogP contribution in [0.3, 0.4) is 0 Å². The number of amides is 1. The molecular formula is C13H13N3O3. The van der Waals surface area contributed by atoms with Crippen LogP contribution in [0.1, 0.15) is 10.4 Å². The highest BCUT2D eigenvalue weighted by molar-refractivity contribution is 6.01. The quantitative estimate of drug-likeness (QED) is 0.896. The number of aromatic nitrogens is 2. The van der Waals surface area contributed by atoms with Gasteiger partial charge in [-0.05, 0) is 18.2 Å². The Labute approximate surface area is 109 Å². The van der Waals surface area contributed by atoms with Crippen molar-refractivity contribution < 1.29 is 14.7 Å². The molecule has 0 spiro atoms. The average molecular weight is 259 g/mol. The molecule has 0 aliphatic rings. The van der Waals surface area contributed by atoms with E-state index < -0.39 is 5.97 Å². The van der Waals surface area contributed by atoms with Crippen LogP contribution in [-0.4, -0.2) is 33.8 Å². The number of para-hydroxylation sites is 1. The number of carbonyl (C=O) groups excluding carboxylic acids is 1. The van der Waals surface area contributed by atoms with Crippen LogP contribution in [-0.2, 0) is 11.3 Å². The number of likely N-dealkylation sites (N-methyl/N-ethyl adjacent to an activating group) is 1. The molecule has 1 aromatic heterocycles. The Balaban J connectivity index is 2.22. The van der Waals surface area contributed by atoms with Gasteiger partial charge in [0.1, 0.15) is 6.54 Å². The molecule has 1 aromatic carbocycles. The third-order valence-electron chi connectivity index (χ3n) is 2.73. The average Bonchev–Trinajstić information content (AvgIpc) is 2.90. The van der Waals surface area contributed by atoms with Crippen molar-refractivity contribution in [3.63, 3.8) is 0 Å². The summed E-state index contributed by atoms with van der Waals surface area (Å²) in [5, 5.41) is 13.0. The van der Waals surface area contributed by atoms with E-state index in [0.29, 0.717) is 5.69 Å². The highest BCUT2D eigenvalue weighted by Crippen LogP contribution is 2.19. The molecule has 2 rings (SSSR count). The molecule has 98 valence electrons. The van der Waals surface area contributed by atoms with Crippen LogP contribution in [0.25, 0.3) is 0 Å². The summed E-state index contributed by atoms with van der Waals surface area (Å²) >= 11 is 0. The summed E-state index contributed by atoms with van der Waals surface area (Å²) < 4.78 is 1.49. The first-order chi connectivity index (χ1) is 9.09. The summed E-state index contributed by atoms with van der Waals surface area (Å²) in [6.45, 7) is 0.0669. The molecule has 0 atom stereocenters. The molecule has 0 aliphatic heterocycles. The van der Waals surface area contributed by atoms with E-state index >= 15 is 0 Å². The number of benzene rings is 1. The minimum absolute atomic E-state index is 0.0669. The standard InChI is InChI=1S/C13H13N3O3/c1-15(12(17)9-16-8-4-7-14-16)11-6-3-2-5-10(11)13(18)19/h2-8H,9H2,1H3,(H,18,19). The molecule has 2 aromatic rings. The van der Waals surface area contributed by atoms with Crippen LogP contribution in [0, 0.1) is 0 Å². The van der Waals surface area contributed by atoms with Crippen LogP contribution in [0.4, 0.5) is 5.69 Å². The number of carboxylic acid groups (broad SMARTS) is 1. The second-order valence-electron chi connectivity index (χ2n) is 3.98. The van der Waals surface area contributed by atoms with E-state index in [1.165, 1.54) is 15.6 Å². The van der Waals surface area contributed by atoms with Gasteiger partial charge in [-0.1, -0.05) is 12.1 Å². The molecule has 1 heterocycles. The van der Waals surface area contributed by atoms with Crippen LogP contribution >= 0.6 is 0 Å². The third kappa shape index (κ3) is 2.79. The smallest absolute Gasteiger partial charge is 0.337 e. The van der Waals surface area contributed by atoms with Crippen LogP contribution in [0.15, 0.2) is 42.7 Å². The van der Waals surface area contributed by atoms with E-state index in [1.54, 1.807) is 43.7 Å². The highest BCUT2D eigenvalue weighted by Gasteiger charge is 2.17. The number of hydrogen-bond acceptors (Lipinski definition) is 3. The van der Waals surface area contributed by atoms with Crippen molar-refractivity contribution in [3.05, 3.63) is 48.3 Å². The SMILES string of the molecule is CN(C(=O)Cn1cccn1)c1ccccc1C(=O)O. The van der Waals surface area contributed by atoms with E-state index in [4.69, 9.17) is 5.11 Å². The maximum atomic E-state index is 12.1. The zero-order chi connectivity index (χ0) is 13.8. The first kappa shape index (κ1) is 12.8. The number of hydrogen-bond donors (Lipinski definition) is 1. The Morgan fingerprint density at radius 3 is 2.68 bits per heavy atom. The number of aromatic carboxylic acids is 1. The zero-order valence-corrected chi connectivity index (χ0v) is 10.4. The second-order valence-corrected chi connectivity index (χ2v) is 3.98. The molecule has 0 saturated carbocycles. The number of carboxylic acids is 1. The molecule has 1 N–H and O–H groups in total. The van der Waals surface area contributed by atoms with Crippen molar-refractivity contribution in [3.8, 4) is 0 Å². The van der Waals surface area contributed by atoms with Gasteiger partial charge in [0.15, 0.2) is 0 Å². The predicted molar refractivity (Wildman–Crippen MR) is 69.0 cm³/mol. The fourth-order valence-electron chi connectivity index (χ4n) is 1.72. The van der Waals surface area contributed by atoms with E-state index in [9.17, 15) is 9.59 Å². The number of anilines is 1. The monoisotopic (exact) mass is 259 g/mol. The first-order valence-corrected chi connectivity index (χ1v) is 5.66. The zero-order valence-electron chi connectivity index (χ0n) is 10.4. The van der Waals surface area contributed by atoms with Crippen molar-refractivity contribution >= 4 is 17.6 Å². The Morgan fingerprint density at radius 1 is 1.32 bits per heavy atom. The molecular weight excluding hydrogens is 246 g/mol. The van der Waals surface area contributed by atoms with Gasteiger partial charge < -0.3 is 10.0 Å². The van der Waals surface area contributed by atoms with Crippen molar-refractivity contribution in [1.82, 2.24) is 9.78 Å². The molecule has 0 unspecified atom stereocenters. The molecule has 6 heteroatoms. The van der Waals surface area contributed by atoms with Crippen LogP contribution < -0.4 is 4.90 Å². The van der Waals surface area contributed by atoms with Gasteiger partial charge in [0.25, 0.3) is 0 Å². The predicted octanol–water partition coefficient (Wildman–Crippen LogP) is 1.24. The van der Waals surface area contributed by atoms with Gasteiger partial charge in [0.05, 0.1) is 11.3 Å². The molecule has 6 nitrogen and oxygen atoms in total. The van der Waals surface area contributed by atoms with Crippen molar-refractivity contribution in [1.29, 1.82) is 0 Å². The van der Waals surface area contributed by atoms with Gasteiger partial charge in [0, 0.05) is 19.4 Å². The summed E-state index contributed by atoms with van der Waals surface area (Å²) in [6, 6.07) is 8.11. The number of rotatable bonds is 4. The molecule has 0 saturated heterocycles. The van der Waals surface area contributed by atoms with E-state index in [0.717, 1.165) is 0 Å². The molecule has 0 bridgehead atoms. The van der Waals surface area contributed by atoms with Gasteiger partial charge in [-0.25, -0.2) is 4.79 Å². The van der Waals surface area contributed by atoms with Crippen molar-refractivity contribution in [2.24, 2.45) is 0 Å². The fraction of sp³-hybridized carbons (Fsp3) is 0.154. The van der Waals surface area contributed by atoms with E-state index in [2.05, 4.69) is 5.10 Å². The molecule has 0 radical (unpaired) electrons. The van der Waals surface area contributed by atoms with Crippen LogP contribution in [0.2, 0.25) is 0 Å². The second kappa shape index (κ2) is 5.34. The number of carbonyl (C=O) groups is 2. The lowest BCUT2D eigenvalue weighted by Gasteiger charge is -2.19. The van der Waals surface area contributed by atoms with Crippen molar-refractivity contribution in [2.45, 2.75) is 6.54 Å². The highest BCUT2D eigenvalue weighted by atomic mass is 16.4. The maximum absolute atomic E-state index is 12.1. The maximum Gasteiger partial charge on any atom is 0.337 e. The van der Waals surface area contributed by atoms with E-state index in [1.807, 2.05) is 0 Å². The Bertz CT molecular complexity index is 593. The molecule has 0 aliphatic carbocycles. The Hall–Kier alpha value is -2.63. The minimum Gasteiger partial charge on any atom is -0.478 e. The lowest BCUT2D eigenvalue weighted by Crippen LogP contribution is -2.31. The Morgan fingerprint density at radius 2 is 2.05 bits per heavy atom. The lowest BCUT2D eigenvalue weighted by atomic mass is 10.1. The van der Waals surface area contributed by atoms with Crippen molar-refractivity contribution in [2.75, 3.05) is 11.9 Å². The first-order valence-electron chi connectivity index (χ1n) is 5.66. The lowest BCUT2D eigenvalue weighted by molar-refractivity contribution is -0.119.